The number of nitrogens with two attached hydrogens (primary N) is 1. The lowest BCUT2D eigenvalue weighted by atomic mass is 9.89. The molecule has 0 unspecified atom stereocenters. The van der Waals surface area contributed by atoms with Crippen LogP contribution in [-0.2, 0) is 0 Å². The highest BCUT2D eigenvalue weighted by atomic mass is 15.4. The second kappa shape index (κ2) is 3.75. The van der Waals surface area contributed by atoms with Gasteiger partial charge in [0, 0.05) is 12.6 Å². The summed E-state index contributed by atoms with van der Waals surface area (Å²) in [5, 5.41) is 2.09. The van der Waals surface area contributed by atoms with Crippen LogP contribution in [0.1, 0.15) is 44.9 Å². The van der Waals surface area contributed by atoms with Crippen LogP contribution in [0, 0.1) is 5.92 Å². The van der Waals surface area contributed by atoms with E-state index in [0.29, 0.717) is 0 Å². The van der Waals surface area contributed by atoms with Crippen LogP contribution >= 0.6 is 0 Å². The van der Waals surface area contributed by atoms with Gasteiger partial charge in [0.15, 0.2) is 0 Å². The van der Waals surface area contributed by atoms with Crippen molar-refractivity contribution in [3.63, 3.8) is 0 Å². The summed E-state index contributed by atoms with van der Waals surface area (Å²) in [6.45, 7) is 1.16. The summed E-state index contributed by atoms with van der Waals surface area (Å²) >= 11 is 0. The van der Waals surface area contributed by atoms with E-state index in [-0.39, 0.29) is 0 Å². The third-order valence-electron chi connectivity index (χ3n) is 3.21. The number of hydrogen-bond donors (Lipinski definition) is 1. The molecule has 2 aliphatic carbocycles. The summed E-state index contributed by atoms with van der Waals surface area (Å²) in [6.07, 6.45) is 9.82. The summed E-state index contributed by atoms with van der Waals surface area (Å²) in [5.41, 5.74) is 0. The molecule has 12 heavy (non-hydrogen) atoms. The number of rotatable bonds is 3. The summed E-state index contributed by atoms with van der Waals surface area (Å²) in [5.74, 6) is 6.85. The van der Waals surface area contributed by atoms with Gasteiger partial charge < -0.3 is 0 Å². The molecule has 70 valence electrons. The maximum absolute atomic E-state index is 5.94. The van der Waals surface area contributed by atoms with Gasteiger partial charge in [-0.25, -0.2) is 5.01 Å². The van der Waals surface area contributed by atoms with Crippen molar-refractivity contribution in [1.82, 2.24) is 5.01 Å². The second-order valence-corrected chi connectivity index (χ2v) is 4.43. The maximum atomic E-state index is 5.94. The van der Waals surface area contributed by atoms with E-state index in [9.17, 15) is 0 Å². The Morgan fingerprint density at radius 2 is 1.67 bits per heavy atom. The van der Waals surface area contributed by atoms with Crippen LogP contribution in [0.15, 0.2) is 0 Å². The molecule has 2 saturated carbocycles. The first-order valence-corrected chi connectivity index (χ1v) is 5.37. The van der Waals surface area contributed by atoms with E-state index in [0.717, 1.165) is 18.5 Å². The van der Waals surface area contributed by atoms with Gasteiger partial charge in [-0.3, -0.25) is 5.84 Å². The molecule has 2 fully saturated rings. The molecule has 0 heterocycles. The Morgan fingerprint density at radius 3 is 2.25 bits per heavy atom. The van der Waals surface area contributed by atoms with Gasteiger partial charge in [0.1, 0.15) is 0 Å². The molecule has 2 heteroatoms. The molecule has 2 N–H and O–H groups in total. The third-order valence-corrected chi connectivity index (χ3v) is 3.21. The molecule has 0 saturated heterocycles. The average Bonchev–Trinajstić information content (AvgIpc) is 2.88. The topological polar surface area (TPSA) is 29.3 Å². The van der Waals surface area contributed by atoms with Crippen molar-refractivity contribution in [1.29, 1.82) is 0 Å². The number of hydrogen-bond acceptors (Lipinski definition) is 2. The molecule has 0 aliphatic heterocycles. The Labute approximate surface area is 75.1 Å². The van der Waals surface area contributed by atoms with E-state index in [1.807, 2.05) is 0 Å². The van der Waals surface area contributed by atoms with Gasteiger partial charge in [-0.2, -0.15) is 0 Å². The minimum Gasteiger partial charge on any atom is -0.269 e. The fourth-order valence-corrected chi connectivity index (χ4v) is 2.22. The monoisotopic (exact) mass is 168 g/mol. The van der Waals surface area contributed by atoms with Crippen LogP contribution in [0.4, 0.5) is 0 Å². The van der Waals surface area contributed by atoms with Gasteiger partial charge in [0.2, 0.25) is 0 Å². The van der Waals surface area contributed by atoms with Crippen molar-refractivity contribution < 1.29 is 0 Å². The van der Waals surface area contributed by atoms with Crippen LogP contribution in [0.25, 0.3) is 0 Å². The molecule has 2 aliphatic rings. The lowest BCUT2D eigenvalue weighted by molar-refractivity contribution is 0.196. The molecular weight excluding hydrogens is 148 g/mol. The molecule has 0 amide bonds. The zero-order chi connectivity index (χ0) is 8.39. The smallest absolute Gasteiger partial charge is 0.0242 e. The molecule has 0 aromatic rings. The average molecular weight is 168 g/mol. The second-order valence-electron chi connectivity index (χ2n) is 4.43. The van der Waals surface area contributed by atoms with Gasteiger partial charge >= 0.3 is 0 Å². The maximum Gasteiger partial charge on any atom is 0.0242 e. The van der Waals surface area contributed by atoms with E-state index in [4.69, 9.17) is 5.84 Å². The van der Waals surface area contributed by atoms with Crippen LogP contribution in [0.2, 0.25) is 0 Å². The summed E-state index contributed by atoms with van der Waals surface area (Å²) in [7, 11) is 0. The van der Waals surface area contributed by atoms with E-state index in [1.54, 1.807) is 0 Å². The van der Waals surface area contributed by atoms with Gasteiger partial charge in [0.25, 0.3) is 0 Å². The zero-order valence-corrected chi connectivity index (χ0v) is 7.84. The van der Waals surface area contributed by atoms with Crippen LogP contribution in [-0.4, -0.2) is 17.6 Å². The first-order chi connectivity index (χ1) is 5.86. The Bertz CT molecular complexity index is 137. The quantitative estimate of drug-likeness (QED) is 0.515. The van der Waals surface area contributed by atoms with E-state index in [2.05, 4.69) is 5.01 Å². The first-order valence-electron chi connectivity index (χ1n) is 5.37. The Morgan fingerprint density at radius 1 is 1.00 bits per heavy atom. The molecule has 0 bridgehead atoms. The van der Waals surface area contributed by atoms with Crippen LogP contribution < -0.4 is 5.84 Å². The number of nitrogens with zero attached hydrogens (tertiary/aromatic N) is 1. The minimum absolute atomic E-state index is 0.743. The fraction of sp³-hybridized carbons (Fsp3) is 1.00. The van der Waals surface area contributed by atoms with Gasteiger partial charge in [-0.05, 0) is 31.6 Å². The lowest BCUT2D eigenvalue weighted by Crippen LogP contribution is -2.38. The molecule has 0 atom stereocenters. The standard InChI is InChI=1S/C10H20N2/c11-12(10-6-7-10)8-9-4-2-1-3-5-9/h9-10H,1-8,11H2. The summed E-state index contributed by atoms with van der Waals surface area (Å²) < 4.78 is 0. The minimum atomic E-state index is 0.743. The van der Waals surface area contributed by atoms with Crippen molar-refractivity contribution in [2.75, 3.05) is 6.54 Å². The van der Waals surface area contributed by atoms with Crippen molar-refractivity contribution in [2.24, 2.45) is 11.8 Å². The van der Waals surface area contributed by atoms with Crippen molar-refractivity contribution in [3.05, 3.63) is 0 Å². The van der Waals surface area contributed by atoms with Crippen molar-refractivity contribution >= 4 is 0 Å². The molecule has 0 aromatic carbocycles. The normalized spacial score (nSPS) is 26.5. The molecule has 2 nitrogen and oxygen atoms in total. The van der Waals surface area contributed by atoms with Crippen LogP contribution in [0.5, 0.6) is 0 Å². The van der Waals surface area contributed by atoms with E-state index >= 15 is 0 Å². The van der Waals surface area contributed by atoms with Crippen molar-refractivity contribution in [2.45, 2.75) is 51.0 Å². The molecule has 0 radical (unpaired) electrons. The number of hydrazine groups is 1. The third kappa shape index (κ3) is 2.20. The lowest BCUT2D eigenvalue weighted by Gasteiger charge is -2.26. The van der Waals surface area contributed by atoms with E-state index in [1.165, 1.54) is 44.9 Å². The fourth-order valence-electron chi connectivity index (χ4n) is 2.22. The highest BCUT2D eigenvalue weighted by Gasteiger charge is 2.28. The van der Waals surface area contributed by atoms with Gasteiger partial charge in [-0.1, -0.05) is 19.3 Å². The highest BCUT2D eigenvalue weighted by molar-refractivity contribution is 4.82. The van der Waals surface area contributed by atoms with Gasteiger partial charge in [-0.15, -0.1) is 0 Å². The molecule has 0 aromatic heterocycles. The first kappa shape index (κ1) is 8.52. The predicted molar refractivity (Wildman–Crippen MR) is 50.5 cm³/mol. The Kier molecular flexibility index (Phi) is 2.66. The zero-order valence-electron chi connectivity index (χ0n) is 7.84. The summed E-state index contributed by atoms with van der Waals surface area (Å²) in [6, 6.07) is 0.743. The van der Waals surface area contributed by atoms with E-state index < -0.39 is 0 Å². The van der Waals surface area contributed by atoms with Crippen LogP contribution in [0.3, 0.4) is 0 Å². The van der Waals surface area contributed by atoms with Gasteiger partial charge in [0.05, 0.1) is 0 Å². The Hall–Kier alpha value is -0.0800. The highest BCUT2D eigenvalue weighted by Crippen LogP contribution is 2.28. The predicted octanol–water partition coefficient (Wildman–Crippen LogP) is 1.90. The summed E-state index contributed by atoms with van der Waals surface area (Å²) in [4.78, 5) is 0. The largest absolute Gasteiger partial charge is 0.269 e. The molecule has 0 spiro atoms. The van der Waals surface area contributed by atoms with Crippen molar-refractivity contribution in [3.8, 4) is 0 Å². The molecular formula is C10H20N2. The SMILES string of the molecule is NN(CC1CCCCC1)C1CC1. The molecule has 2 rings (SSSR count). The Balaban J connectivity index is 1.69.